The number of carbonyl (C=O) groups is 1. The van der Waals surface area contributed by atoms with Crippen LogP contribution in [0.5, 0.6) is 0 Å². The third-order valence-corrected chi connectivity index (χ3v) is 4.86. The average molecular weight is 437 g/mol. The lowest BCUT2D eigenvalue weighted by atomic mass is 10.0. The van der Waals surface area contributed by atoms with Gasteiger partial charge in [0, 0.05) is 32.2 Å². The number of thiol groups is 1. The van der Waals surface area contributed by atoms with Crippen molar-refractivity contribution in [1.82, 2.24) is 4.72 Å². The van der Waals surface area contributed by atoms with Crippen molar-refractivity contribution < 1.29 is 13.2 Å². The Morgan fingerprint density at radius 2 is 1.78 bits per heavy atom. The van der Waals surface area contributed by atoms with E-state index in [1.165, 1.54) is 0 Å². The molecule has 0 aliphatic rings. The minimum atomic E-state index is -2.63. The second kappa shape index (κ2) is 8.26. The summed E-state index contributed by atoms with van der Waals surface area (Å²) in [5.41, 5.74) is 1.68. The molecule has 0 unspecified atom stereocenters. The molecule has 0 spiro atoms. The molecule has 0 fully saturated rings. The minimum Gasteiger partial charge on any atom is -0.289 e. The maximum atomic E-state index is 12.5. The number of nitrogens with one attached hydrogen (secondary N) is 1. The van der Waals surface area contributed by atoms with Crippen LogP contribution in [0, 0.1) is 0 Å². The zero-order chi connectivity index (χ0) is 17.0. The van der Waals surface area contributed by atoms with Crippen molar-refractivity contribution in [3.63, 3.8) is 0 Å². The van der Waals surface area contributed by atoms with Crippen molar-refractivity contribution in [2.75, 3.05) is 6.54 Å². The maximum Gasteiger partial charge on any atom is 0.201 e. The SMILES string of the molecule is O=C(c1ccc(Cl)cc1)c1cc(Cl)c(CCN[SH](=O)=O)cc1Br. The highest BCUT2D eigenvalue weighted by Crippen LogP contribution is 2.28. The second-order valence-corrected chi connectivity index (χ2v) is 7.20. The Bertz CT molecular complexity index is 799. The predicted molar refractivity (Wildman–Crippen MR) is 96.1 cm³/mol. The first-order chi connectivity index (χ1) is 10.9. The largest absolute Gasteiger partial charge is 0.289 e. The first-order valence-corrected chi connectivity index (χ1v) is 9.27. The van der Waals surface area contributed by atoms with E-state index in [0.717, 1.165) is 5.56 Å². The van der Waals surface area contributed by atoms with Crippen LogP contribution in [0.2, 0.25) is 10.0 Å². The molecule has 0 heterocycles. The van der Waals surface area contributed by atoms with Gasteiger partial charge in [-0.15, -0.1) is 0 Å². The van der Waals surface area contributed by atoms with E-state index in [2.05, 4.69) is 20.7 Å². The smallest absolute Gasteiger partial charge is 0.201 e. The summed E-state index contributed by atoms with van der Waals surface area (Å²) < 4.78 is 23.9. The summed E-state index contributed by atoms with van der Waals surface area (Å²) in [6.45, 7) is 0.245. The number of benzene rings is 2. The first kappa shape index (κ1) is 18.4. The molecule has 0 aromatic heterocycles. The Morgan fingerprint density at radius 1 is 1.13 bits per heavy atom. The first-order valence-electron chi connectivity index (χ1n) is 6.54. The van der Waals surface area contributed by atoms with Gasteiger partial charge in [-0.2, -0.15) is 0 Å². The standard InChI is InChI=1S/C15H12BrCl2NO3S/c16-13-7-10(5-6-19-23(21)22)14(18)8-12(13)15(20)9-1-3-11(17)4-2-9/h1-4,7-8,23H,5-6H2,(H,19,21,22). The topological polar surface area (TPSA) is 63.2 Å². The van der Waals surface area contributed by atoms with Crippen LogP contribution < -0.4 is 4.72 Å². The van der Waals surface area contributed by atoms with Crippen LogP contribution >= 0.6 is 39.1 Å². The van der Waals surface area contributed by atoms with Gasteiger partial charge in [0.1, 0.15) is 0 Å². The number of ketones is 1. The summed E-state index contributed by atoms with van der Waals surface area (Å²) in [6, 6.07) is 9.89. The second-order valence-electron chi connectivity index (χ2n) is 4.67. The van der Waals surface area contributed by atoms with Gasteiger partial charge in [0.25, 0.3) is 0 Å². The Morgan fingerprint density at radius 3 is 2.39 bits per heavy atom. The summed E-state index contributed by atoms with van der Waals surface area (Å²) >= 11 is 15.4. The fraction of sp³-hybridized carbons (Fsp3) is 0.133. The average Bonchev–Trinajstić information content (AvgIpc) is 2.50. The van der Waals surface area contributed by atoms with E-state index in [4.69, 9.17) is 23.2 Å². The van der Waals surface area contributed by atoms with Gasteiger partial charge in [0.2, 0.25) is 10.9 Å². The van der Waals surface area contributed by atoms with Gasteiger partial charge in [-0.3, -0.25) is 4.79 Å². The normalized spacial score (nSPS) is 11.0. The van der Waals surface area contributed by atoms with Crippen molar-refractivity contribution in [2.45, 2.75) is 6.42 Å². The highest BCUT2D eigenvalue weighted by molar-refractivity contribution is 9.10. The number of hydrogen-bond acceptors (Lipinski definition) is 3. The molecule has 2 aromatic carbocycles. The molecular formula is C15H12BrCl2NO3S. The number of halogens is 3. The van der Waals surface area contributed by atoms with Crippen molar-refractivity contribution in [3.8, 4) is 0 Å². The van der Waals surface area contributed by atoms with E-state index in [0.29, 0.717) is 32.1 Å². The van der Waals surface area contributed by atoms with Crippen LogP contribution in [-0.4, -0.2) is 20.7 Å². The molecule has 122 valence electrons. The summed E-state index contributed by atoms with van der Waals surface area (Å²) in [5, 5.41) is 0.964. The zero-order valence-corrected chi connectivity index (χ0v) is 15.7. The number of hydrogen-bond donors (Lipinski definition) is 2. The van der Waals surface area contributed by atoms with Gasteiger partial charge in [0.15, 0.2) is 5.78 Å². The fourth-order valence-corrected chi connectivity index (χ4v) is 3.24. The van der Waals surface area contributed by atoms with Crippen molar-refractivity contribution in [1.29, 1.82) is 0 Å². The van der Waals surface area contributed by atoms with Crippen LogP contribution in [0.4, 0.5) is 0 Å². The van der Waals surface area contributed by atoms with Crippen LogP contribution in [-0.2, 0) is 17.3 Å². The summed E-state index contributed by atoms with van der Waals surface area (Å²) in [4.78, 5) is 12.5. The lowest BCUT2D eigenvalue weighted by molar-refractivity contribution is 0.103. The molecule has 0 bridgehead atoms. The Kier molecular flexibility index (Phi) is 6.61. The molecule has 0 saturated carbocycles. The maximum absolute atomic E-state index is 12.5. The molecule has 0 saturated heterocycles. The quantitative estimate of drug-likeness (QED) is 0.536. The molecule has 0 aliphatic carbocycles. The van der Waals surface area contributed by atoms with E-state index in [1.54, 1.807) is 36.4 Å². The summed E-state index contributed by atoms with van der Waals surface area (Å²) in [6.07, 6.45) is 0.427. The molecule has 8 heteroatoms. The predicted octanol–water partition coefficient (Wildman–Crippen LogP) is 3.65. The van der Waals surface area contributed by atoms with Crippen LogP contribution in [0.3, 0.4) is 0 Å². The van der Waals surface area contributed by atoms with Gasteiger partial charge in [0.05, 0.1) is 0 Å². The lowest BCUT2D eigenvalue weighted by Crippen LogP contribution is -2.15. The van der Waals surface area contributed by atoms with E-state index in [1.807, 2.05) is 0 Å². The highest BCUT2D eigenvalue weighted by Gasteiger charge is 2.15. The summed E-state index contributed by atoms with van der Waals surface area (Å²) in [5.74, 6) is -0.178. The van der Waals surface area contributed by atoms with E-state index < -0.39 is 10.9 Å². The number of carbonyl (C=O) groups excluding carboxylic acids is 1. The van der Waals surface area contributed by atoms with Crippen LogP contribution in [0.15, 0.2) is 40.9 Å². The van der Waals surface area contributed by atoms with E-state index >= 15 is 0 Å². The molecule has 0 radical (unpaired) electrons. The van der Waals surface area contributed by atoms with Gasteiger partial charge in [-0.1, -0.05) is 39.1 Å². The van der Waals surface area contributed by atoms with E-state index in [-0.39, 0.29) is 12.3 Å². The number of rotatable bonds is 6. The van der Waals surface area contributed by atoms with Crippen molar-refractivity contribution >= 4 is 55.8 Å². The third kappa shape index (κ3) is 5.02. The lowest BCUT2D eigenvalue weighted by Gasteiger charge is -2.09. The van der Waals surface area contributed by atoms with Gasteiger partial charge in [-0.05, 0) is 48.4 Å². The Labute approximate surface area is 154 Å². The Balaban J connectivity index is 2.25. The van der Waals surface area contributed by atoms with E-state index in [9.17, 15) is 13.2 Å². The molecular weight excluding hydrogens is 425 g/mol. The van der Waals surface area contributed by atoms with Gasteiger partial charge in [-0.25, -0.2) is 13.1 Å². The zero-order valence-electron chi connectivity index (χ0n) is 11.7. The molecule has 0 amide bonds. The molecule has 0 atom stereocenters. The molecule has 2 aromatic rings. The molecule has 2 rings (SSSR count). The van der Waals surface area contributed by atoms with Gasteiger partial charge >= 0.3 is 0 Å². The van der Waals surface area contributed by atoms with Gasteiger partial charge < -0.3 is 0 Å². The van der Waals surface area contributed by atoms with Crippen LogP contribution in [0.1, 0.15) is 21.5 Å². The van der Waals surface area contributed by atoms with Crippen molar-refractivity contribution in [2.24, 2.45) is 0 Å². The van der Waals surface area contributed by atoms with Crippen LogP contribution in [0.25, 0.3) is 0 Å². The monoisotopic (exact) mass is 435 g/mol. The third-order valence-electron chi connectivity index (χ3n) is 3.12. The molecule has 23 heavy (non-hydrogen) atoms. The molecule has 0 aliphatic heterocycles. The summed E-state index contributed by atoms with van der Waals surface area (Å²) in [7, 11) is -2.63. The Hall–Kier alpha value is -0.920. The highest BCUT2D eigenvalue weighted by atomic mass is 79.9. The fourth-order valence-electron chi connectivity index (χ4n) is 1.99. The minimum absolute atomic E-state index is 0.178. The van der Waals surface area contributed by atoms with Crippen molar-refractivity contribution in [3.05, 3.63) is 67.6 Å². The molecule has 4 nitrogen and oxygen atoms in total. The molecule has 1 N–H and O–H groups in total.